The van der Waals surface area contributed by atoms with E-state index in [-0.39, 0.29) is 23.1 Å². The maximum Gasteiger partial charge on any atom is 0.282 e. The summed E-state index contributed by atoms with van der Waals surface area (Å²) in [5.41, 5.74) is 1.76. The molecule has 4 rings (SSSR count). The zero-order valence-corrected chi connectivity index (χ0v) is 17.1. The molecule has 0 saturated carbocycles. The highest BCUT2D eigenvalue weighted by Gasteiger charge is 2.40. The monoisotopic (exact) mass is 416 g/mol. The van der Waals surface area contributed by atoms with Gasteiger partial charge in [-0.3, -0.25) is 9.59 Å². The van der Waals surface area contributed by atoms with E-state index in [4.69, 9.17) is 4.74 Å². The van der Waals surface area contributed by atoms with E-state index in [0.29, 0.717) is 17.0 Å². The molecular weight excluding hydrogens is 395 g/mol. The lowest BCUT2D eigenvalue weighted by molar-refractivity contribution is -0.120. The van der Waals surface area contributed by atoms with Crippen LogP contribution in [0.2, 0.25) is 0 Å². The number of anilines is 2. The zero-order chi connectivity index (χ0) is 22.0. The summed E-state index contributed by atoms with van der Waals surface area (Å²) >= 11 is 0. The number of carbonyl (C=O) groups excluding carboxylic acids is 2. The molecule has 0 aliphatic carbocycles. The van der Waals surface area contributed by atoms with Gasteiger partial charge in [-0.15, -0.1) is 0 Å². The minimum Gasteiger partial charge on any atom is -0.491 e. The number of imide groups is 1. The number of carbonyl (C=O) groups is 2. The highest BCUT2D eigenvalue weighted by atomic mass is 19.1. The van der Waals surface area contributed by atoms with E-state index in [2.05, 4.69) is 5.32 Å². The molecule has 1 aliphatic heterocycles. The number of nitrogens with zero attached hydrogens (tertiary/aromatic N) is 1. The van der Waals surface area contributed by atoms with Gasteiger partial charge in [0.25, 0.3) is 11.8 Å². The van der Waals surface area contributed by atoms with Gasteiger partial charge in [-0.1, -0.05) is 36.4 Å². The second-order valence-corrected chi connectivity index (χ2v) is 7.36. The molecule has 0 aromatic heterocycles. The molecule has 0 fully saturated rings. The third kappa shape index (κ3) is 4.19. The first-order valence-electron chi connectivity index (χ1n) is 9.92. The van der Waals surface area contributed by atoms with Crippen molar-refractivity contribution in [2.45, 2.75) is 20.0 Å². The van der Waals surface area contributed by atoms with Gasteiger partial charge in [-0.2, -0.15) is 0 Å². The highest BCUT2D eigenvalue weighted by molar-refractivity contribution is 6.46. The Morgan fingerprint density at radius 3 is 2.23 bits per heavy atom. The Morgan fingerprint density at radius 2 is 1.58 bits per heavy atom. The van der Waals surface area contributed by atoms with Crippen LogP contribution in [0.25, 0.3) is 5.57 Å². The summed E-state index contributed by atoms with van der Waals surface area (Å²) in [6.07, 6.45) is 0.0125. The first-order valence-corrected chi connectivity index (χ1v) is 9.92. The van der Waals surface area contributed by atoms with Crippen molar-refractivity contribution >= 4 is 28.8 Å². The van der Waals surface area contributed by atoms with E-state index >= 15 is 0 Å². The van der Waals surface area contributed by atoms with Crippen LogP contribution < -0.4 is 15.0 Å². The van der Waals surface area contributed by atoms with Crippen LogP contribution in [0.4, 0.5) is 15.8 Å². The lowest BCUT2D eigenvalue weighted by Gasteiger charge is -2.15. The number of ether oxygens (including phenoxy) is 1. The van der Waals surface area contributed by atoms with Gasteiger partial charge in [-0.05, 0) is 61.9 Å². The van der Waals surface area contributed by atoms with Gasteiger partial charge in [0.1, 0.15) is 17.3 Å². The van der Waals surface area contributed by atoms with Crippen LogP contribution in [0.3, 0.4) is 0 Å². The van der Waals surface area contributed by atoms with Crippen LogP contribution in [-0.2, 0) is 9.59 Å². The standard InChI is InChI=1S/C25H21FN2O3/c1-16(2)31-21-13-11-17(12-14-21)22-23(27-19-8-4-3-5-9-19)25(30)28(24(22)29)20-10-6-7-18(26)15-20/h3-16,27H,1-2H3. The van der Waals surface area contributed by atoms with Gasteiger partial charge in [0.2, 0.25) is 0 Å². The van der Waals surface area contributed by atoms with Crippen LogP contribution in [-0.4, -0.2) is 17.9 Å². The molecule has 156 valence electrons. The fraction of sp³-hybridized carbons (Fsp3) is 0.120. The Labute approximate surface area is 179 Å². The summed E-state index contributed by atoms with van der Waals surface area (Å²) in [7, 11) is 0. The molecule has 1 N–H and O–H groups in total. The first-order chi connectivity index (χ1) is 14.9. The number of rotatable bonds is 6. The number of nitrogens with one attached hydrogen (secondary N) is 1. The predicted molar refractivity (Wildman–Crippen MR) is 118 cm³/mol. The molecule has 1 heterocycles. The normalized spacial score (nSPS) is 13.9. The number of hydrogen-bond acceptors (Lipinski definition) is 4. The van der Waals surface area contributed by atoms with Crippen molar-refractivity contribution < 1.29 is 18.7 Å². The molecule has 31 heavy (non-hydrogen) atoms. The van der Waals surface area contributed by atoms with E-state index in [1.54, 1.807) is 36.4 Å². The van der Waals surface area contributed by atoms with Crippen molar-refractivity contribution in [1.82, 2.24) is 0 Å². The van der Waals surface area contributed by atoms with Crippen molar-refractivity contribution in [2.24, 2.45) is 0 Å². The quantitative estimate of drug-likeness (QED) is 0.574. The van der Waals surface area contributed by atoms with E-state index in [9.17, 15) is 14.0 Å². The summed E-state index contributed by atoms with van der Waals surface area (Å²) < 4.78 is 19.5. The number of hydrogen-bond donors (Lipinski definition) is 1. The Balaban J connectivity index is 1.78. The topological polar surface area (TPSA) is 58.6 Å². The largest absolute Gasteiger partial charge is 0.491 e. The van der Waals surface area contributed by atoms with E-state index in [0.717, 1.165) is 4.90 Å². The Hall–Kier alpha value is -3.93. The summed E-state index contributed by atoms with van der Waals surface area (Å²) in [5.74, 6) is -0.932. The molecule has 0 radical (unpaired) electrons. The summed E-state index contributed by atoms with van der Waals surface area (Å²) in [6, 6.07) is 21.5. The Morgan fingerprint density at radius 1 is 0.871 bits per heavy atom. The molecule has 3 aromatic carbocycles. The number of benzene rings is 3. The van der Waals surface area contributed by atoms with Crippen molar-refractivity contribution in [1.29, 1.82) is 0 Å². The average Bonchev–Trinajstić information content (AvgIpc) is 2.98. The molecule has 2 amide bonds. The molecule has 5 nitrogen and oxygen atoms in total. The van der Waals surface area contributed by atoms with Gasteiger partial charge >= 0.3 is 0 Å². The van der Waals surface area contributed by atoms with Gasteiger partial charge in [0, 0.05) is 5.69 Å². The van der Waals surface area contributed by atoms with Crippen molar-refractivity contribution in [3.8, 4) is 5.75 Å². The molecule has 3 aromatic rings. The van der Waals surface area contributed by atoms with Gasteiger partial charge in [0.05, 0.1) is 17.4 Å². The lowest BCUT2D eigenvalue weighted by Crippen LogP contribution is -2.32. The van der Waals surface area contributed by atoms with Crippen LogP contribution in [0.1, 0.15) is 19.4 Å². The van der Waals surface area contributed by atoms with Crippen LogP contribution >= 0.6 is 0 Å². The number of halogens is 1. The number of amides is 2. The molecule has 0 atom stereocenters. The van der Waals surface area contributed by atoms with Gasteiger partial charge in [-0.25, -0.2) is 9.29 Å². The van der Waals surface area contributed by atoms with Crippen LogP contribution in [0.5, 0.6) is 5.75 Å². The fourth-order valence-corrected chi connectivity index (χ4v) is 3.40. The van der Waals surface area contributed by atoms with E-state index < -0.39 is 17.6 Å². The lowest BCUT2D eigenvalue weighted by atomic mass is 10.0. The van der Waals surface area contributed by atoms with Gasteiger partial charge in [0.15, 0.2) is 0 Å². The second kappa shape index (κ2) is 8.44. The van der Waals surface area contributed by atoms with Crippen LogP contribution in [0, 0.1) is 5.82 Å². The Kier molecular flexibility index (Phi) is 5.54. The molecule has 6 heteroatoms. The second-order valence-electron chi connectivity index (χ2n) is 7.36. The van der Waals surface area contributed by atoms with Crippen molar-refractivity contribution in [3.63, 3.8) is 0 Å². The molecule has 0 bridgehead atoms. The third-order valence-electron chi connectivity index (χ3n) is 4.71. The van der Waals surface area contributed by atoms with Gasteiger partial charge < -0.3 is 10.1 Å². The maximum atomic E-state index is 13.8. The van der Waals surface area contributed by atoms with Crippen LogP contribution in [0.15, 0.2) is 84.6 Å². The predicted octanol–water partition coefficient (Wildman–Crippen LogP) is 5.01. The highest BCUT2D eigenvalue weighted by Crippen LogP contribution is 2.34. The third-order valence-corrected chi connectivity index (χ3v) is 4.71. The Bertz CT molecular complexity index is 1150. The fourth-order valence-electron chi connectivity index (χ4n) is 3.40. The molecule has 0 saturated heterocycles. The molecular formula is C25H21FN2O3. The smallest absolute Gasteiger partial charge is 0.282 e. The van der Waals surface area contributed by atoms with E-state index in [1.165, 1.54) is 24.3 Å². The molecule has 1 aliphatic rings. The maximum absolute atomic E-state index is 13.8. The summed E-state index contributed by atoms with van der Waals surface area (Å²) in [4.78, 5) is 27.6. The summed E-state index contributed by atoms with van der Waals surface area (Å²) in [5, 5.41) is 3.07. The minimum absolute atomic E-state index is 0.0125. The SMILES string of the molecule is CC(C)Oc1ccc(C2=C(Nc3ccccc3)C(=O)N(c3cccc(F)c3)C2=O)cc1. The molecule has 0 unspecified atom stereocenters. The van der Waals surface area contributed by atoms with E-state index in [1.807, 2.05) is 32.0 Å². The zero-order valence-electron chi connectivity index (χ0n) is 17.1. The minimum atomic E-state index is -0.544. The molecule has 0 spiro atoms. The average molecular weight is 416 g/mol. The van der Waals surface area contributed by atoms with Crippen molar-refractivity contribution in [2.75, 3.05) is 10.2 Å². The summed E-state index contributed by atoms with van der Waals surface area (Å²) in [6.45, 7) is 3.85. The number of para-hydroxylation sites is 1. The first kappa shape index (κ1) is 20.3. The van der Waals surface area contributed by atoms with Crippen molar-refractivity contribution in [3.05, 3.63) is 95.9 Å².